The number of benzene rings is 3. The van der Waals surface area contributed by atoms with Crippen LogP contribution in [0.4, 0.5) is 5.69 Å². The summed E-state index contributed by atoms with van der Waals surface area (Å²) in [4.78, 5) is 17.2. The Morgan fingerprint density at radius 2 is 1.87 bits per heavy atom. The fourth-order valence-corrected chi connectivity index (χ4v) is 5.60. The van der Waals surface area contributed by atoms with Crippen LogP contribution >= 0.6 is 43.2 Å². The molecule has 0 saturated carbocycles. The number of hydrogen-bond donors (Lipinski definition) is 1. The molecule has 0 saturated heterocycles. The molecule has 0 spiro atoms. The third-order valence-corrected chi connectivity index (χ3v) is 6.73. The summed E-state index contributed by atoms with van der Waals surface area (Å²) in [5, 5.41) is 3.89. The van der Waals surface area contributed by atoms with Gasteiger partial charge in [-0.1, -0.05) is 40.2 Å². The van der Waals surface area contributed by atoms with Crippen molar-refractivity contribution >= 4 is 65.0 Å². The van der Waals surface area contributed by atoms with Crippen molar-refractivity contribution in [3.05, 3.63) is 74.7 Å². The van der Waals surface area contributed by atoms with Gasteiger partial charge in [-0.15, -0.1) is 11.3 Å². The SMILES string of the molecule is Cc1ccc(-c2nc3ccccc3s2)cc1NC(=O)COc1c(C)cc(Br)cc1Br. The van der Waals surface area contributed by atoms with Crippen molar-refractivity contribution in [2.75, 3.05) is 11.9 Å². The van der Waals surface area contributed by atoms with E-state index in [1.165, 1.54) is 0 Å². The summed E-state index contributed by atoms with van der Waals surface area (Å²) >= 11 is 8.57. The molecule has 0 atom stereocenters. The number of ether oxygens (including phenoxy) is 1. The van der Waals surface area contributed by atoms with Gasteiger partial charge in [0.05, 0.1) is 14.7 Å². The summed E-state index contributed by atoms with van der Waals surface area (Å²) in [6.07, 6.45) is 0. The van der Waals surface area contributed by atoms with Crippen LogP contribution in [0.3, 0.4) is 0 Å². The van der Waals surface area contributed by atoms with Gasteiger partial charge in [0.2, 0.25) is 0 Å². The molecule has 1 N–H and O–H groups in total. The van der Waals surface area contributed by atoms with Crippen molar-refractivity contribution in [1.82, 2.24) is 4.98 Å². The number of anilines is 1. The maximum Gasteiger partial charge on any atom is 0.262 e. The lowest BCUT2D eigenvalue weighted by molar-refractivity contribution is -0.118. The molecule has 7 heteroatoms. The highest BCUT2D eigenvalue weighted by Gasteiger charge is 2.13. The number of para-hydroxylation sites is 1. The van der Waals surface area contributed by atoms with Crippen molar-refractivity contribution < 1.29 is 9.53 Å². The average Bonchev–Trinajstić information content (AvgIpc) is 3.13. The van der Waals surface area contributed by atoms with E-state index in [0.717, 1.165) is 46.5 Å². The topological polar surface area (TPSA) is 51.2 Å². The van der Waals surface area contributed by atoms with E-state index in [4.69, 9.17) is 9.72 Å². The van der Waals surface area contributed by atoms with E-state index in [9.17, 15) is 4.79 Å². The molecule has 152 valence electrons. The van der Waals surface area contributed by atoms with Gasteiger partial charge >= 0.3 is 0 Å². The minimum atomic E-state index is -0.214. The predicted octanol–water partition coefficient (Wildman–Crippen LogP) is 7.12. The van der Waals surface area contributed by atoms with Gasteiger partial charge in [0.1, 0.15) is 10.8 Å². The molecule has 0 unspecified atom stereocenters. The zero-order valence-corrected chi connectivity index (χ0v) is 20.3. The van der Waals surface area contributed by atoms with Crippen LogP contribution in [0.15, 0.2) is 63.5 Å². The Morgan fingerprint density at radius 1 is 1.07 bits per heavy atom. The number of fused-ring (bicyclic) bond motifs is 1. The van der Waals surface area contributed by atoms with Crippen molar-refractivity contribution in [3.63, 3.8) is 0 Å². The first-order valence-electron chi connectivity index (χ1n) is 9.25. The van der Waals surface area contributed by atoms with Crippen molar-refractivity contribution in [1.29, 1.82) is 0 Å². The third-order valence-electron chi connectivity index (χ3n) is 4.59. The summed E-state index contributed by atoms with van der Waals surface area (Å²) in [7, 11) is 0. The second-order valence-corrected chi connectivity index (χ2v) is 9.69. The second kappa shape index (κ2) is 8.88. The highest BCUT2D eigenvalue weighted by atomic mass is 79.9. The molecule has 4 nitrogen and oxygen atoms in total. The number of amides is 1. The van der Waals surface area contributed by atoms with E-state index < -0.39 is 0 Å². The lowest BCUT2D eigenvalue weighted by Gasteiger charge is -2.13. The number of nitrogens with zero attached hydrogens (tertiary/aromatic N) is 1. The summed E-state index contributed by atoms with van der Waals surface area (Å²) in [6.45, 7) is 3.83. The number of aromatic nitrogens is 1. The highest BCUT2D eigenvalue weighted by molar-refractivity contribution is 9.11. The summed E-state index contributed by atoms with van der Waals surface area (Å²) < 4.78 is 8.65. The Morgan fingerprint density at radius 3 is 2.63 bits per heavy atom. The largest absolute Gasteiger partial charge is 0.482 e. The monoisotopic (exact) mass is 544 g/mol. The molecule has 1 amide bonds. The molecule has 0 bridgehead atoms. The molecule has 4 aromatic rings. The number of hydrogen-bond acceptors (Lipinski definition) is 4. The number of nitrogens with one attached hydrogen (secondary N) is 1. The van der Waals surface area contributed by atoms with E-state index in [1.54, 1.807) is 11.3 Å². The number of aryl methyl sites for hydroxylation is 2. The number of rotatable bonds is 5. The van der Waals surface area contributed by atoms with E-state index in [1.807, 2.05) is 62.4 Å². The Hall–Kier alpha value is -2.22. The summed E-state index contributed by atoms with van der Waals surface area (Å²) in [5.74, 6) is 0.446. The molecule has 0 aliphatic rings. The lowest BCUT2D eigenvalue weighted by atomic mass is 10.1. The summed E-state index contributed by atoms with van der Waals surface area (Å²) in [5.41, 5.74) is 4.64. The van der Waals surface area contributed by atoms with Gasteiger partial charge in [-0.25, -0.2) is 4.98 Å². The van der Waals surface area contributed by atoms with E-state index >= 15 is 0 Å². The van der Waals surface area contributed by atoms with E-state index in [0.29, 0.717) is 5.75 Å². The first-order chi connectivity index (χ1) is 14.4. The smallest absolute Gasteiger partial charge is 0.262 e. The van der Waals surface area contributed by atoms with Gasteiger partial charge in [-0.3, -0.25) is 4.79 Å². The molecule has 0 radical (unpaired) electrons. The van der Waals surface area contributed by atoms with Gasteiger partial charge in [-0.05, 0) is 71.2 Å². The average molecular weight is 546 g/mol. The Bertz CT molecular complexity index is 1200. The van der Waals surface area contributed by atoms with Crippen LogP contribution in [-0.2, 0) is 4.79 Å². The zero-order chi connectivity index (χ0) is 21.3. The second-order valence-electron chi connectivity index (χ2n) is 6.89. The molecule has 4 rings (SSSR count). The molecular formula is C23H18Br2N2O2S. The van der Waals surface area contributed by atoms with E-state index in [2.05, 4.69) is 43.2 Å². The molecular weight excluding hydrogens is 528 g/mol. The zero-order valence-electron chi connectivity index (χ0n) is 16.3. The predicted molar refractivity (Wildman–Crippen MR) is 130 cm³/mol. The van der Waals surface area contributed by atoms with Crippen LogP contribution in [0.2, 0.25) is 0 Å². The molecule has 3 aromatic carbocycles. The van der Waals surface area contributed by atoms with Crippen LogP contribution in [0.5, 0.6) is 5.75 Å². The third kappa shape index (κ3) is 4.58. The molecule has 0 fully saturated rings. The number of thiazole rings is 1. The summed E-state index contributed by atoms with van der Waals surface area (Å²) in [6, 6.07) is 17.9. The normalized spacial score (nSPS) is 10.9. The first kappa shape index (κ1) is 21.0. The highest BCUT2D eigenvalue weighted by Crippen LogP contribution is 2.33. The maximum absolute atomic E-state index is 12.5. The quantitative estimate of drug-likeness (QED) is 0.290. The Balaban J connectivity index is 1.50. The fraction of sp³-hybridized carbons (Fsp3) is 0.130. The van der Waals surface area contributed by atoms with Crippen molar-refractivity contribution in [3.8, 4) is 16.3 Å². The van der Waals surface area contributed by atoms with Gasteiger partial charge in [-0.2, -0.15) is 0 Å². The van der Waals surface area contributed by atoms with Crippen molar-refractivity contribution in [2.24, 2.45) is 0 Å². The molecule has 0 aliphatic carbocycles. The van der Waals surface area contributed by atoms with Crippen LogP contribution < -0.4 is 10.1 Å². The van der Waals surface area contributed by atoms with Gasteiger partial charge < -0.3 is 10.1 Å². The fourth-order valence-electron chi connectivity index (χ4n) is 3.08. The van der Waals surface area contributed by atoms with Crippen LogP contribution in [-0.4, -0.2) is 17.5 Å². The molecule has 1 aromatic heterocycles. The first-order valence-corrected chi connectivity index (χ1v) is 11.7. The minimum Gasteiger partial charge on any atom is -0.482 e. The standard InChI is InChI=1S/C23H18Br2N2O2S/c1-13-7-8-15(23-27-18-5-3-4-6-20(18)30-23)10-19(13)26-21(28)12-29-22-14(2)9-16(24)11-17(22)25/h3-11H,12H2,1-2H3,(H,26,28). The number of halogens is 2. The van der Waals surface area contributed by atoms with E-state index in [-0.39, 0.29) is 12.5 Å². The Kier molecular flexibility index (Phi) is 6.22. The minimum absolute atomic E-state index is 0.0775. The Labute approximate surface area is 195 Å². The van der Waals surface area contributed by atoms with Crippen LogP contribution in [0, 0.1) is 13.8 Å². The van der Waals surface area contributed by atoms with Crippen molar-refractivity contribution in [2.45, 2.75) is 13.8 Å². The number of carbonyl (C=O) groups is 1. The van der Waals surface area contributed by atoms with Gasteiger partial charge in [0.25, 0.3) is 5.91 Å². The lowest BCUT2D eigenvalue weighted by Crippen LogP contribution is -2.21. The molecule has 0 aliphatic heterocycles. The molecule has 1 heterocycles. The number of carbonyl (C=O) groups excluding carboxylic acids is 1. The maximum atomic E-state index is 12.5. The van der Waals surface area contributed by atoms with Crippen LogP contribution in [0.25, 0.3) is 20.8 Å². The molecule has 30 heavy (non-hydrogen) atoms. The van der Waals surface area contributed by atoms with Gasteiger partial charge in [0.15, 0.2) is 6.61 Å². The van der Waals surface area contributed by atoms with Crippen LogP contribution in [0.1, 0.15) is 11.1 Å². The van der Waals surface area contributed by atoms with Gasteiger partial charge in [0, 0.05) is 15.7 Å².